The molecule has 1 saturated heterocycles. The first kappa shape index (κ1) is 17.6. The minimum absolute atomic E-state index is 0.139. The van der Waals surface area contributed by atoms with Crippen molar-refractivity contribution < 1.29 is 26.8 Å². The number of aromatic nitrogens is 2. The Kier molecular flexibility index (Phi) is 4.36. The first-order chi connectivity index (χ1) is 13.0. The van der Waals surface area contributed by atoms with Gasteiger partial charge in [-0.1, -0.05) is 5.16 Å². The van der Waals surface area contributed by atoms with Gasteiger partial charge in [-0.25, -0.2) is 8.42 Å². The number of furan rings is 1. The molecule has 3 heterocycles. The van der Waals surface area contributed by atoms with Crippen molar-refractivity contribution in [2.75, 3.05) is 27.3 Å². The van der Waals surface area contributed by atoms with Crippen LogP contribution in [-0.2, 0) is 10.0 Å². The van der Waals surface area contributed by atoms with Gasteiger partial charge in [-0.15, -0.1) is 0 Å². The Morgan fingerprint density at radius 2 is 1.93 bits per heavy atom. The van der Waals surface area contributed by atoms with Gasteiger partial charge in [0.2, 0.25) is 21.7 Å². The van der Waals surface area contributed by atoms with Gasteiger partial charge in [-0.05, 0) is 24.3 Å². The molecule has 0 unspecified atom stereocenters. The van der Waals surface area contributed by atoms with Gasteiger partial charge in [-0.2, -0.15) is 9.29 Å². The van der Waals surface area contributed by atoms with Crippen molar-refractivity contribution in [1.82, 2.24) is 14.4 Å². The quantitative estimate of drug-likeness (QED) is 0.629. The van der Waals surface area contributed by atoms with E-state index in [1.165, 1.54) is 36.9 Å². The van der Waals surface area contributed by atoms with Gasteiger partial charge in [0.15, 0.2) is 17.3 Å². The predicted octanol–water partition coefficient (Wildman–Crippen LogP) is 2.13. The average Bonchev–Trinajstić information content (AvgIpc) is 3.31. The second kappa shape index (κ2) is 6.71. The lowest BCUT2D eigenvalue weighted by Crippen LogP contribution is -2.48. The maximum atomic E-state index is 12.8. The highest BCUT2D eigenvalue weighted by Gasteiger charge is 2.40. The van der Waals surface area contributed by atoms with Gasteiger partial charge in [-0.3, -0.25) is 0 Å². The number of ether oxygens (including phenoxy) is 2. The van der Waals surface area contributed by atoms with Crippen LogP contribution in [-0.4, -0.2) is 50.2 Å². The summed E-state index contributed by atoms with van der Waals surface area (Å²) >= 11 is 0. The van der Waals surface area contributed by atoms with Gasteiger partial charge in [0.05, 0.1) is 31.3 Å². The van der Waals surface area contributed by atoms with Crippen LogP contribution in [0.4, 0.5) is 0 Å². The number of rotatable bonds is 6. The summed E-state index contributed by atoms with van der Waals surface area (Å²) in [6.45, 7) is 0.521. The van der Waals surface area contributed by atoms with Gasteiger partial charge in [0.1, 0.15) is 0 Å². The Morgan fingerprint density at radius 3 is 2.59 bits per heavy atom. The number of hydrogen-bond donors (Lipinski definition) is 0. The molecule has 1 aliphatic heterocycles. The molecular weight excluding hydrogens is 374 g/mol. The molecule has 27 heavy (non-hydrogen) atoms. The molecule has 0 amide bonds. The first-order valence-corrected chi connectivity index (χ1v) is 9.56. The zero-order chi connectivity index (χ0) is 19.0. The van der Waals surface area contributed by atoms with Crippen molar-refractivity contribution in [3.05, 3.63) is 42.5 Å². The van der Waals surface area contributed by atoms with E-state index in [9.17, 15) is 8.42 Å². The molecule has 0 atom stereocenters. The van der Waals surface area contributed by atoms with Gasteiger partial charge < -0.3 is 18.4 Å². The van der Waals surface area contributed by atoms with E-state index in [0.29, 0.717) is 29.0 Å². The lowest BCUT2D eigenvalue weighted by atomic mass is 10.0. The highest BCUT2D eigenvalue weighted by atomic mass is 32.2. The maximum Gasteiger partial charge on any atom is 0.243 e. The summed E-state index contributed by atoms with van der Waals surface area (Å²) < 4.78 is 47.8. The molecule has 1 aromatic carbocycles. The van der Waals surface area contributed by atoms with Crippen LogP contribution in [0.25, 0.3) is 11.6 Å². The number of methoxy groups -OCH3 is 2. The first-order valence-electron chi connectivity index (χ1n) is 8.12. The zero-order valence-electron chi connectivity index (χ0n) is 14.7. The van der Waals surface area contributed by atoms with Crippen molar-refractivity contribution in [2.24, 2.45) is 0 Å². The molecule has 1 aliphatic rings. The molecule has 4 rings (SSSR count). The molecule has 2 aromatic heterocycles. The normalized spacial score (nSPS) is 15.5. The van der Waals surface area contributed by atoms with Crippen LogP contribution in [0.3, 0.4) is 0 Å². The molecule has 9 nitrogen and oxygen atoms in total. The Bertz CT molecular complexity index is 1040. The number of sulfonamides is 1. The third-order valence-corrected chi connectivity index (χ3v) is 6.20. The number of nitrogens with zero attached hydrogens (tertiary/aromatic N) is 3. The molecule has 1 fully saturated rings. The summed E-state index contributed by atoms with van der Waals surface area (Å²) in [5.41, 5.74) is 0. The van der Waals surface area contributed by atoms with E-state index in [1.54, 1.807) is 18.2 Å². The van der Waals surface area contributed by atoms with E-state index in [0.717, 1.165) is 0 Å². The Morgan fingerprint density at radius 1 is 1.15 bits per heavy atom. The smallest absolute Gasteiger partial charge is 0.243 e. The molecule has 0 radical (unpaired) electrons. The lowest BCUT2D eigenvalue weighted by molar-refractivity contribution is 0.216. The van der Waals surface area contributed by atoms with E-state index in [4.69, 9.17) is 18.4 Å². The molecule has 0 spiro atoms. The summed E-state index contributed by atoms with van der Waals surface area (Å²) in [5, 5.41) is 3.87. The van der Waals surface area contributed by atoms with Crippen molar-refractivity contribution in [3.63, 3.8) is 0 Å². The second-order valence-corrected chi connectivity index (χ2v) is 7.91. The zero-order valence-corrected chi connectivity index (χ0v) is 15.5. The molecule has 3 aromatic rings. The van der Waals surface area contributed by atoms with Crippen LogP contribution >= 0.6 is 0 Å². The molecule has 0 bridgehead atoms. The molecule has 10 heteroatoms. The Labute approximate surface area is 155 Å². The van der Waals surface area contributed by atoms with Crippen LogP contribution in [0.2, 0.25) is 0 Å². The van der Waals surface area contributed by atoms with Crippen LogP contribution < -0.4 is 9.47 Å². The van der Waals surface area contributed by atoms with Crippen LogP contribution in [0.5, 0.6) is 11.5 Å². The second-order valence-electron chi connectivity index (χ2n) is 5.97. The SMILES string of the molecule is COc1ccc(S(=O)(=O)N2CC(c3nc(-c4ccco4)no3)C2)cc1OC. The third-order valence-electron chi connectivity index (χ3n) is 4.37. The number of hydrogen-bond acceptors (Lipinski definition) is 8. The minimum atomic E-state index is -3.65. The van der Waals surface area contributed by atoms with E-state index < -0.39 is 10.0 Å². The van der Waals surface area contributed by atoms with E-state index >= 15 is 0 Å². The van der Waals surface area contributed by atoms with Crippen molar-refractivity contribution >= 4 is 10.0 Å². The largest absolute Gasteiger partial charge is 0.493 e. The third kappa shape index (κ3) is 3.06. The highest BCUT2D eigenvalue weighted by molar-refractivity contribution is 7.89. The average molecular weight is 391 g/mol. The van der Waals surface area contributed by atoms with Crippen LogP contribution in [0.15, 0.2) is 50.4 Å². The molecular formula is C17H17N3O6S. The fourth-order valence-corrected chi connectivity index (χ4v) is 4.37. The van der Waals surface area contributed by atoms with E-state index in [1.807, 2.05) is 0 Å². The molecule has 0 N–H and O–H groups in total. The summed E-state index contributed by atoms with van der Waals surface area (Å²) in [5.74, 6) is 1.90. The number of benzene rings is 1. The summed E-state index contributed by atoms with van der Waals surface area (Å²) in [7, 11) is -0.696. The van der Waals surface area contributed by atoms with Gasteiger partial charge >= 0.3 is 0 Å². The van der Waals surface area contributed by atoms with Gasteiger partial charge in [0.25, 0.3) is 0 Å². The minimum Gasteiger partial charge on any atom is -0.493 e. The van der Waals surface area contributed by atoms with Crippen molar-refractivity contribution in [3.8, 4) is 23.1 Å². The molecule has 0 aliphatic carbocycles. The summed E-state index contributed by atoms with van der Waals surface area (Å²) in [6, 6.07) is 7.96. The van der Waals surface area contributed by atoms with E-state index in [2.05, 4.69) is 10.1 Å². The Hall–Kier alpha value is -2.85. The summed E-state index contributed by atoms with van der Waals surface area (Å²) in [6.07, 6.45) is 1.52. The lowest BCUT2D eigenvalue weighted by Gasteiger charge is -2.35. The highest BCUT2D eigenvalue weighted by Crippen LogP contribution is 2.35. The van der Waals surface area contributed by atoms with Crippen molar-refractivity contribution in [2.45, 2.75) is 10.8 Å². The van der Waals surface area contributed by atoms with Crippen LogP contribution in [0, 0.1) is 0 Å². The fraction of sp³-hybridized carbons (Fsp3) is 0.294. The standard InChI is InChI=1S/C17H17N3O6S/c1-23-13-6-5-12(8-15(13)24-2)27(21,22)20-9-11(10-20)17-18-16(19-26-17)14-4-3-7-25-14/h3-8,11H,9-10H2,1-2H3. The fourth-order valence-electron chi connectivity index (χ4n) is 2.82. The monoisotopic (exact) mass is 391 g/mol. The maximum absolute atomic E-state index is 12.8. The van der Waals surface area contributed by atoms with Gasteiger partial charge in [0, 0.05) is 19.2 Å². The van der Waals surface area contributed by atoms with E-state index in [-0.39, 0.29) is 23.9 Å². The van der Waals surface area contributed by atoms with Crippen LogP contribution in [0.1, 0.15) is 11.8 Å². The predicted molar refractivity (Wildman–Crippen MR) is 93.0 cm³/mol. The topological polar surface area (TPSA) is 108 Å². The van der Waals surface area contributed by atoms with Crippen molar-refractivity contribution in [1.29, 1.82) is 0 Å². The molecule has 142 valence electrons. The molecule has 0 saturated carbocycles. The summed E-state index contributed by atoms with van der Waals surface area (Å²) in [4.78, 5) is 4.42. The Balaban J connectivity index is 1.49.